The molecule has 4 aliphatic rings. The van der Waals surface area contributed by atoms with E-state index in [2.05, 4.69) is 16.9 Å². The van der Waals surface area contributed by atoms with Crippen molar-refractivity contribution in [3.8, 4) is 11.8 Å². The number of hydrogen-bond donors (Lipinski definition) is 0. The number of fused-ring (bicyclic) bond motifs is 2. The fourth-order valence-corrected chi connectivity index (χ4v) is 6.88. The van der Waals surface area contributed by atoms with Crippen molar-refractivity contribution < 1.29 is 22.7 Å². The van der Waals surface area contributed by atoms with E-state index in [1.165, 1.54) is 18.9 Å². The number of carbonyl (C=O) groups is 1. The van der Waals surface area contributed by atoms with Gasteiger partial charge in [-0.1, -0.05) is 0 Å². The average Bonchev–Trinajstić information content (AvgIpc) is 3.20. The highest BCUT2D eigenvalue weighted by molar-refractivity contribution is 7.81. The quantitative estimate of drug-likeness (QED) is 0.503. The maximum atomic E-state index is 13.6. The molecule has 0 unspecified atom stereocenters. The second-order valence-corrected chi connectivity index (χ2v) is 11.0. The topological polar surface area (TPSA) is 72.7 Å². The molecule has 3 atom stereocenters. The Labute approximate surface area is 223 Å². The lowest BCUT2D eigenvalue weighted by Gasteiger charge is -2.43. The standard InChI is InChI=1S/C27H26F3N5O2S/c1-33-17-3-4-18(33)12-21(11-17)37-20-7-5-16(6-8-20)35-25(38)34(24(36)26(35)9-2-10-26)19-13-22(27(28,29)30)23(14-31)32-15-19/h5-8,13,15,17-18,21H,2-4,9-12H2,1H3/t17-,18+,21+. The van der Waals surface area contributed by atoms with Crippen LogP contribution < -0.4 is 14.5 Å². The number of benzene rings is 1. The number of halogens is 3. The second-order valence-electron chi connectivity index (χ2n) is 10.6. The van der Waals surface area contributed by atoms with E-state index in [9.17, 15) is 18.0 Å². The van der Waals surface area contributed by atoms with Gasteiger partial charge in [0.25, 0.3) is 5.91 Å². The number of aromatic nitrogens is 1. The minimum Gasteiger partial charge on any atom is -0.490 e. The first-order chi connectivity index (χ1) is 18.1. The second kappa shape index (κ2) is 8.92. The van der Waals surface area contributed by atoms with Gasteiger partial charge in [-0.15, -0.1) is 0 Å². The zero-order chi connectivity index (χ0) is 26.8. The van der Waals surface area contributed by atoms with Gasteiger partial charge in [-0.05, 0) is 94.5 Å². The van der Waals surface area contributed by atoms with Crippen molar-refractivity contribution in [2.45, 2.75) is 74.8 Å². The number of nitrogens with zero attached hydrogens (tertiary/aromatic N) is 5. The first-order valence-electron chi connectivity index (χ1n) is 12.8. The van der Waals surface area contributed by atoms with Crippen LogP contribution in [0.5, 0.6) is 5.75 Å². The normalized spacial score (nSPS) is 26.6. The Morgan fingerprint density at radius 2 is 1.79 bits per heavy atom. The third kappa shape index (κ3) is 3.84. The summed E-state index contributed by atoms with van der Waals surface area (Å²) in [5.74, 6) is 0.361. The maximum Gasteiger partial charge on any atom is 0.419 e. The fourth-order valence-electron chi connectivity index (χ4n) is 6.41. The van der Waals surface area contributed by atoms with Crippen LogP contribution in [0.2, 0.25) is 0 Å². The maximum absolute atomic E-state index is 13.6. The number of rotatable bonds is 4. The van der Waals surface area contributed by atoms with Crippen molar-refractivity contribution in [3.05, 3.63) is 47.8 Å². The Balaban J connectivity index is 1.27. The van der Waals surface area contributed by atoms with Crippen LogP contribution in [0.4, 0.5) is 24.5 Å². The molecule has 1 aromatic heterocycles. The van der Waals surface area contributed by atoms with E-state index in [1.807, 2.05) is 24.3 Å². The summed E-state index contributed by atoms with van der Waals surface area (Å²) in [7, 11) is 2.19. The summed E-state index contributed by atoms with van der Waals surface area (Å²) < 4.78 is 47.1. The van der Waals surface area contributed by atoms with Gasteiger partial charge in [-0.25, -0.2) is 4.98 Å². The molecule has 0 N–H and O–H groups in total. The number of pyridine rings is 1. The van der Waals surface area contributed by atoms with E-state index in [0.29, 0.717) is 30.6 Å². The van der Waals surface area contributed by atoms with Crippen molar-refractivity contribution in [2.24, 2.45) is 0 Å². The number of piperidine rings is 1. The highest BCUT2D eigenvalue weighted by atomic mass is 32.1. The molecule has 11 heteroatoms. The molecule has 1 saturated carbocycles. The molecule has 3 saturated heterocycles. The van der Waals surface area contributed by atoms with E-state index in [0.717, 1.165) is 42.2 Å². The lowest BCUT2D eigenvalue weighted by atomic mass is 9.75. The van der Waals surface area contributed by atoms with Crippen LogP contribution in [0.25, 0.3) is 0 Å². The molecule has 4 heterocycles. The molecule has 0 radical (unpaired) electrons. The molecule has 3 aliphatic heterocycles. The van der Waals surface area contributed by atoms with Gasteiger partial charge in [0, 0.05) is 17.8 Å². The Bertz CT molecular complexity index is 1320. The summed E-state index contributed by atoms with van der Waals surface area (Å²) in [6.07, 6.45) is 2.74. The van der Waals surface area contributed by atoms with Gasteiger partial charge in [-0.2, -0.15) is 18.4 Å². The number of alkyl halides is 3. The highest BCUT2D eigenvalue weighted by Gasteiger charge is 2.59. The van der Waals surface area contributed by atoms with Gasteiger partial charge >= 0.3 is 6.18 Å². The van der Waals surface area contributed by atoms with Crippen LogP contribution in [0.1, 0.15) is 56.2 Å². The SMILES string of the molecule is CN1[C@@H]2CC[C@H]1C[C@@H](Oc1ccc(N3C(=S)N(c4cnc(C#N)c(C(F)(F)F)c4)C(=O)C34CCC4)cc1)C2. The van der Waals surface area contributed by atoms with Crippen LogP contribution in [-0.4, -0.2) is 51.7 Å². The molecule has 1 aliphatic carbocycles. The van der Waals surface area contributed by atoms with Crippen molar-refractivity contribution >= 4 is 34.6 Å². The molecule has 1 amide bonds. The first-order valence-corrected chi connectivity index (χ1v) is 13.2. The van der Waals surface area contributed by atoms with Crippen molar-refractivity contribution in [1.29, 1.82) is 5.26 Å². The minimum atomic E-state index is -4.80. The Kier molecular flexibility index (Phi) is 5.88. The van der Waals surface area contributed by atoms with Gasteiger partial charge in [0.2, 0.25) is 0 Å². The molecule has 6 rings (SSSR count). The fraction of sp³-hybridized carbons (Fsp3) is 0.481. The number of carbonyl (C=O) groups excluding carboxylic acids is 1. The minimum absolute atomic E-state index is 0.0925. The van der Waals surface area contributed by atoms with Crippen molar-refractivity contribution in [3.63, 3.8) is 0 Å². The van der Waals surface area contributed by atoms with E-state index < -0.39 is 23.0 Å². The number of amides is 1. The zero-order valence-electron chi connectivity index (χ0n) is 20.7. The number of nitriles is 1. The summed E-state index contributed by atoms with van der Waals surface area (Å²) in [5, 5.41) is 9.18. The van der Waals surface area contributed by atoms with E-state index >= 15 is 0 Å². The smallest absolute Gasteiger partial charge is 0.419 e. The van der Waals surface area contributed by atoms with Gasteiger partial charge in [0.1, 0.15) is 23.5 Å². The monoisotopic (exact) mass is 541 g/mol. The third-order valence-corrected chi connectivity index (χ3v) is 8.95. The van der Waals surface area contributed by atoms with Gasteiger partial charge in [-0.3, -0.25) is 9.69 Å². The summed E-state index contributed by atoms with van der Waals surface area (Å²) >= 11 is 5.68. The molecule has 1 aromatic carbocycles. The Morgan fingerprint density at radius 1 is 1.13 bits per heavy atom. The summed E-state index contributed by atoms with van der Waals surface area (Å²) in [6, 6.07) is 10.8. The number of thiocarbonyl (C=S) groups is 1. The lowest BCUT2D eigenvalue weighted by molar-refractivity contribution is -0.138. The number of anilines is 2. The highest BCUT2D eigenvalue weighted by Crippen LogP contribution is 2.48. The van der Waals surface area contributed by atoms with Crippen LogP contribution in [0, 0.1) is 11.3 Å². The number of hydrogen-bond acceptors (Lipinski definition) is 6. The van der Waals surface area contributed by atoms with Crippen LogP contribution in [0.15, 0.2) is 36.5 Å². The molecule has 7 nitrogen and oxygen atoms in total. The molecule has 198 valence electrons. The molecule has 1 spiro atoms. The zero-order valence-corrected chi connectivity index (χ0v) is 21.6. The Morgan fingerprint density at radius 3 is 2.34 bits per heavy atom. The van der Waals surface area contributed by atoms with Gasteiger partial charge < -0.3 is 14.5 Å². The van der Waals surface area contributed by atoms with Crippen molar-refractivity contribution in [1.82, 2.24) is 9.88 Å². The van der Waals surface area contributed by atoms with E-state index in [1.54, 1.807) is 4.90 Å². The molecular weight excluding hydrogens is 515 g/mol. The van der Waals surface area contributed by atoms with E-state index in [-0.39, 0.29) is 22.8 Å². The molecule has 2 aromatic rings. The first kappa shape index (κ1) is 25.1. The average molecular weight is 542 g/mol. The lowest BCUT2D eigenvalue weighted by Crippen LogP contribution is -2.55. The third-order valence-electron chi connectivity index (χ3n) is 8.59. The summed E-state index contributed by atoms with van der Waals surface area (Å²) in [6.45, 7) is 0. The largest absolute Gasteiger partial charge is 0.490 e. The van der Waals surface area contributed by atoms with E-state index in [4.69, 9.17) is 22.2 Å². The van der Waals surface area contributed by atoms with Gasteiger partial charge in [0.05, 0.1) is 17.4 Å². The molecular formula is C27H26F3N5O2S. The predicted molar refractivity (Wildman–Crippen MR) is 138 cm³/mol. The molecule has 4 fully saturated rings. The molecule has 2 bridgehead atoms. The Hall–Kier alpha value is -3.23. The number of ether oxygens (including phenoxy) is 1. The van der Waals surface area contributed by atoms with Crippen LogP contribution in [0.3, 0.4) is 0 Å². The summed E-state index contributed by atoms with van der Waals surface area (Å²) in [4.78, 5) is 22.6. The van der Waals surface area contributed by atoms with Gasteiger partial charge in [0.15, 0.2) is 10.8 Å². The molecule has 38 heavy (non-hydrogen) atoms. The van der Waals surface area contributed by atoms with Crippen molar-refractivity contribution in [2.75, 3.05) is 16.8 Å². The van der Waals surface area contributed by atoms with Crippen LogP contribution >= 0.6 is 12.2 Å². The summed E-state index contributed by atoms with van der Waals surface area (Å²) in [5.41, 5.74) is -2.31. The van der Waals surface area contributed by atoms with Crippen LogP contribution in [-0.2, 0) is 11.0 Å². The predicted octanol–water partition coefficient (Wildman–Crippen LogP) is 5.04.